The van der Waals surface area contributed by atoms with Crippen molar-refractivity contribution in [3.05, 3.63) is 0 Å². The highest BCUT2D eigenvalue weighted by molar-refractivity contribution is 8.23. The van der Waals surface area contributed by atoms with Crippen LogP contribution in [0.5, 0.6) is 0 Å². The second kappa shape index (κ2) is 4.53. The topological polar surface area (TPSA) is 27.0 Å². The van der Waals surface area contributed by atoms with Crippen LogP contribution >= 0.6 is 24.0 Å². The number of nitriles is 1. The molecule has 2 nitrogen and oxygen atoms in total. The van der Waals surface area contributed by atoms with Gasteiger partial charge >= 0.3 is 0 Å². The molecule has 1 atom stereocenters. The molecular weight excluding hydrogens is 164 g/mol. The predicted octanol–water partition coefficient (Wildman–Crippen LogP) is 1.48. The summed E-state index contributed by atoms with van der Waals surface area (Å²) >= 11 is 6.36. The lowest BCUT2D eigenvalue weighted by molar-refractivity contribution is 0.648. The van der Waals surface area contributed by atoms with Crippen LogP contribution in [-0.4, -0.2) is 28.6 Å². The van der Waals surface area contributed by atoms with Gasteiger partial charge in [0.15, 0.2) is 0 Å². The zero-order valence-corrected chi connectivity index (χ0v) is 7.92. The van der Waals surface area contributed by atoms with Gasteiger partial charge in [0.25, 0.3) is 0 Å². The first-order chi connectivity index (χ1) is 4.57. The van der Waals surface area contributed by atoms with Crippen molar-refractivity contribution in [1.29, 1.82) is 5.26 Å². The van der Waals surface area contributed by atoms with Gasteiger partial charge in [0, 0.05) is 14.1 Å². The third-order valence-electron chi connectivity index (χ3n) is 0.825. The molecule has 0 amide bonds. The Hall–Kier alpha value is -0.270. The van der Waals surface area contributed by atoms with E-state index in [1.807, 2.05) is 25.9 Å². The van der Waals surface area contributed by atoms with Gasteiger partial charge < -0.3 is 4.90 Å². The third-order valence-corrected chi connectivity index (χ3v) is 2.50. The standard InChI is InChI=1S/C6H10N2S2/c1-5(4-7)10-6(9)8(2)3/h5H,1-3H3. The lowest BCUT2D eigenvalue weighted by Gasteiger charge is -2.12. The molecule has 4 heteroatoms. The Kier molecular flexibility index (Phi) is 4.41. The molecule has 0 radical (unpaired) electrons. The molecule has 0 heterocycles. The van der Waals surface area contributed by atoms with Crippen LogP contribution in [0.4, 0.5) is 0 Å². The fourth-order valence-electron chi connectivity index (χ4n) is 0.283. The van der Waals surface area contributed by atoms with Gasteiger partial charge in [-0.05, 0) is 6.92 Å². The molecule has 0 N–H and O–H groups in total. The van der Waals surface area contributed by atoms with E-state index in [1.165, 1.54) is 11.8 Å². The van der Waals surface area contributed by atoms with Crippen molar-refractivity contribution < 1.29 is 0 Å². The molecule has 0 aromatic carbocycles. The van der Waals surface area contributed by atoms with Gasteiger partial charge in [0.2, 0.25) is 0 Å². The molecule has 0 spiro atoms. The van der Waals surface area contributed by atoms with Gasteiger partial charge in [-0.2, -0.15) is 5.26 Å². The Morgan fingerprint density at radius 3 is 2.50 bits per heavy atom. The second-order valence-corrected chi connectivity index (χ2v) is 4.02. The number of hydrogen-bond acceptors (Lipinski definition) is 3. The van der Waals surface area contributed by atoms with Crippen LogP contribution in [0.25, 0.3) is 0 Å². The van der Waals surface area contributed by atoms with Crippen molar-refractivity contribution in [2.75, 3.05) is 14.1 Å². The highest BCUT2D eigenvalue weighted by Gasteiger charge is 2.05. The number of thiocarbonyl (C=S) groups is 1. The van der Waals surface area contributed by atoms with Crippen LogP contribution in [-0.2, 0) is 0 Å². The highest BCUT2D eigenvalue weighted by atomic mass is 32.2. The maximum absolute atomic E-state index is 8.42. The van der Waals surface area contributed by atoms with Crippen LogP contribution in [0, 0.1) is 11.3 Å². The first kappa shape index (κ1) is 9.73. The molecule has 0 saturated heterocycles. The highest BCUT2D eigenvalue weighted by Crippen LogP contribution is 2.12. The predicted molar refractivity (Wildman–Crippen MR) is 49.0 cm³/mol. The van der Waals surface area contributed by atoms with Crippen LogP contribution in [0.15, 0.2) is 0 Å². The van der Waals surface area contributed by atoms with E-state index in [0.717, 1.165) is 4.32 Å². The molecular formula is C6H10N2S2. The van der Waals surface area contributed by atoms with Crippen molar-refractivity contribution >= 4 is 28.3 Å². The zero-order chi connectivity index (χ0) is 8.15. The molecule has 0 aliphatic heterocycles. The van der Waals surface area contributed by atoms with E-state index in [-0.39, 0.29) is 5.25 Å². The van der Waals surface area contributed by atoms with Crippen LogP contribution in [0.3, 0.4) is 0 Å². The van der Waals surface area contributed by atoms with Gasteiger partial charge in [0.05, 0.1) is 11.3 Å². The maximum atomic E-state index is 8.42. The Balaban J connectivity index is 3.71. The minimum atomic E-state index is -0.0464. The fraction of sp³-hybridized carbons (Fsp3) is 0.667. The maximum Gasteiger partial charge on any atom is 0.137 e. The summed E-state index contributed by atoms with van der Waals surface area (Å²) in [7, 11) is 3.75. The SMILES string of the molecule is CC(C#N)SC(=S)N(C)C. The molecule has 0 aliphatic rings. The molecule has 0 saturated carbocycles. The normalized spacial score (nSPS) is 11.8. The average molecular weight is 174 g/mol. The summed E-state index contributed by atoms with van der Waals surface area (Å²) in [6.07, 6.45) is 0. The summed E-state index contributed by atoms with van der Waals surface area (Å²) in [5, 5.41) is 8.37. The van der Waals surface area contributed by atoms with Gasteiger partial charge in [-0.3, -0.25) is 0 Å². The molecule has 1 unspecified atom stereocenters. The summed E-state index contributed by atoms with van der Waals surface area (Å²) < 4.78 is 0.758. The van der Waals surface area contributed by atoms with Crippen LogP contribution < -0.4 is 0 Å². The van der Waals surface area contributed by atoms with E-state index < -0.39 is 0 Å². The third kappa shape index (κ3) is 3.70. The largest absolute Gasteiger partial charge is 0.364 e. The Labute approximate surface area is 71.2 Å². The van der Waals surface area contributed by atoms with E-state index in [2.05, 4.69) is 6.07 Å². The fourth-order valence-corrected chi connectivity index (χ4v) is 1.28. The Morgan fingerprint density at radius 1 is 1.70 bits per heavy atom. The zero-order valence-electron chi connectivity index (χ0n) is 6.29. The summed E-state index contributed by atoms with van der Waals surface area (Å²) in [4.78, 5) is 1.83. The van der Waals surface area contributed by atoms with Crippen LogP contribution in [0.1, 0.15) is 6.92 Å². The van der Waals surface area contributed by atoms with E-state index in [0.29, 0.717) is 0 Å². The van der Waals surface area contributed by atoms with Gasteiger partial charge in [-0.15, -0.1) is 0 Å². The molecule has 10 heavy (non-hydrogen) atoms. The molecule has 0 rings (SSSR count). The van der Waals surface area contributed by atoms with Gasteiger partial charge in [-0.1, -0.05) is 24.0 Å². The smallest absolute Gasteiger partial charge is 0.137 e. The molecule has 0 aliphatic carbocycles. The number of nitrogens with zero attached hydrogens (tertiary/aromatic N) is 2. The molecule has 0 aromatic heterocycles. The van der Waals surface area contributed by atoms with Gasteiger partial charge in [0.1, 0.15) is 4.32 Å². The molecule has 0 bridgehead atoms. The monoisotopic (exact) mass is 174 g/mol. The summed E-state index contributed by atoms with van der Waals surface area (Å²) in [5.74, 6) is 0. The van der Waals surface area contributed by atoms with E-state index in [4.69, 9.17) is 17.5 Å². The molecule has 56 valence electrons. The number of rotatable bonds is 1. The molecule has 0 aromatic rings. The lowest BCUT2D eigenvalue weighted by atomic mass is 10.5. The van der Waals surface area contributed by atoms with Crippen molar-refractivity contribution in [1.82, 2.24) is 4.90 Å². The first-order valence-electron chi connectivity index (χ1n) is 2.85. The minimum absolute atomic E-state index is 0.0464. The van der Waals surface area contributed by atoms with E-state index in [1.54, 1.807) is 0 Å². The van der Waals surface area contributed by atoms with Crippen molar-refractivity contribution in [3.8, 4) is 6.07 Å². The first-order valence-corrected chi connectivity index (χ1v) is 4.14. The summed E-state index contributed by atoms with van der Waals surface area (Å²) in [5.41, 5.74) is 0. The minimum Gasteiger partial charge on any atom is -0.364 e. The summed E-state index contributed by atoms with van der Waals surface area (Å²) in [6, 6.07) is 2.10. The lowest BCUT2D eigenvalue weighted by Crippen LogP contribution is -2.18. The summed E-state index contributed by atoms with van der Waals surface area (Å²) in [6.45, 7) is 1.83. The Bertz CT molecular complexity index is 160. The number of hydrogen-bond donors (Lipinski definition) is 0. The van der Waals surface area contributed by atoms with Crippen molar-refractivity contribution in [3.63, 3.8) is 0 Å². The van der Waals surface area contributed by atoms with Gasteiger partial charge in [-0.25, -0.2) is 0 Å². The Morgan fingerprint density at radius 2 is 2.20 bits per heavy atom. The van der Waals surface area contributed by atoms with Crippen molar-refractivity contribution in [2.45, 2.75) is 12.2 Å². The van der Waals surface area contributed by atoms with Crippen molar-refractivity contribution in [2.24, 2.45) is 0 Å². The van der Waals surface area contributed by atoms with E-state index >= 15 is 0 Å². The van der Waals surface area contributed by atoms with E-state index in [9.17, 15) is 0 Å². The number of thioether (sulfide) groups is 1. The molecule has 0 fully saturated rings. The quantitative estimate of drug-likeness (QED) is 0.563. The second-order valence-electron chi connectivity index (χ2n) is 2.05. The average Bonchev–Trinajstić information content (AvgIpc) is 1.87. The van der Waals surface area contributed by atoms with Crippen LogP contribution in [0.2, 0.25) is 0 Å².